The number of rotatable bonds is 8. The van der Waals surface area contributed by atoms with Crippen molar-refractivity contribution < 1.29 is 14.3 Å². The third-order valence-electron chi connectivity index (χ3n) is 5.94. The summed E-state index contributed by atoms with van der Waals surface area (Å²) in [6.07, 6.45) is 2.66. The Morgan fingerprint density at radius 2 is 1.85 bits per heavy atom. The van der Waals surface area contributed by atoms with Gasteiger partial charge in [0.05, 0.1) is 11.0 Å². The molecule has 0 aliphatic heterocycles. The number of ether oxygens (including phenoxy) is 1. The number of fused-ring (bicyclic) bond motifs is 1. The molecule has 174 valence electrons. The Kier molecular flexibility index (Phi) is 6.40. The van der Waals surface area contributed by atoms with E-state index in [0.29, 0.717) is 24.4 Å². The van der Waals surface area contributed by atoms with Crippen LogP contribution in [0.4, 0.5) is 5.69 Å². The van der Waals surface area contributed by atoms with E-state index < -0.39 is 0 Å². The van der Waals surface area contributed by atoms with Crippen molar-refractivity contribution in [2.75, 3.05) is 18.5 Å². The van der Waals surface area contributed by atoms with E-state index in [9.17, 15) is 9.59 Å². The normalized spacial score (nSPS) is 13.7. The first-order valence-corrected chi connectivity index (χ1v) is 11.5. The number of nitrogens with one attached hydrogen (secondary N) is 2. The number of carbonyl (C=O) groups is 2. The molecule has 1 aliphatic carbocycles. The zero-order valence-electron chi connectivity index (χ0n) is 19.8. The predicted molar refractivity (Wildman–Crippen MR) is 129 cm³/mol. The fourth-order valence-electron chi connectivity index (χ4n) is 3.74. The van der Waals surface area contributed by atoms with Gasteiger partial charge in [0.25, 0.3) is 5.91 Å². The summed E-state index contributed by atoms with van der Waals surface area (Å²) in [6.45, 7) is 6.98. The van der Waals surface area contributed by atoms with Crippen LogP contribution >= 0.6 is 0 Å². The number of hydrogen-bond acceptors (Lipinski definition) is 4. The van der Waals surface area contributed by atoms with E-state index in [2.05, 4.69) is 36.4 Å². The van der Waals surface area contributed by atoms with Gasteiger partial charge in [0.2, 0.25) is 5.91 Å². The second-order valence-electron chi connectivity index (χ2n) is 9.72. The van der Waals surface area contributed by atoms with Gasteiger partial charge in [0.15, 0.2) is 6.61 Å². The second-order valence-corrected chi connectivity index (χ2v) is 9.72. The molecule has 7 heteroatoms. The van der Waals surface area contributed by atoms with Crippen molar-refractivity contribution in [3.63, 3.8) is 0 Å². The minimum absolute atomic E-state index is 0.0684. The number of nitrogens with zero attached hydrogens (tertiary/aromatic N) is 2. The number of aromatic nitrogens is 2. The number of imidazole rings is 1. The molecule has 33 heavy (non-hydrogen) atoms. The molecule has 4 rings (SSSR count). The average Bonchev–Trinajstić information content (AvgIpc) is 3.57. The van der Waals surface area contributed by atoms with Gasteiger partial charge in [-0.2, -0.15) is 0 Å². The summed E-state index contributed by atoms with van der Waals surface area (Å²) in [5, 5.41) is 5.85. The SMILES string of the molecule is Cn1c(CCNC(=O)C2CC2)nc2cc(NC(=O)COc3ccc(C(C)(C)C)cc3)ccc21. The van der Waals surface area contributed by atoms with Crippen LogP contribution in [0.15, 0.2) is 42.5 Å². The van der Waals surface area contributed by atoms with Crippen LogP contribution in [0.25, 0.3) is 11.0 Å². The van der Waals surface area contributed by atoms with Crippen LogP contribution in [0.1, 0.15) is 45.0 Å². The summed E-state index contributed by atoms with van der Waals surface area (Å²) < 4.78 is 7.66. The largest absolute Gasteiger partial charge is 0.484 e. The van der Waals surface area contributed by atoms with Crippen molar-refractivity contribution in [2.45, 2.75) is 45.4 Å². The Hall–Kier alpha value is -3.35. The maximum absolute atomic E-state index is 12.4. The highest BCUT2D eigenvalue weighted by molar-refractivity contribution is 5.94. The zero-order valence-corrected chi connectivity index (χ0v) is 19.8. The zero-order chi connectivity index (χ0) is 23.6. The Bertz CT molecular complexity index is 1150. The fourth-order valence-corrected chi connectivity index (χ4v) is 3.74. The van der Waals surface area contributed by atoms with Gasteiger partial charge in [-0.25, -0.2) is 4.98 Å². The lowest BCUT2D eigenvalue weighted by Gasteiger charge is -2.19. The first kappa shape index (κ1) is 22.8. The lowest BCUT2D eigenvalue weighted by atomic mass is 9.87. The number of benzene rings is 2. The smallest absolute Gasteiger partial charge is 0.262 e. The van der Waals surface area contributed by atoms with Crippen molar-refractivity contribution in [2.24, 2.45) is 13.0 Å². The van der Waals surface area contributed by atoms with Crippen molar-refractivity contribution in [1.29, 1.82) is 0 Å². The highest BCUT2D eigenvalue weighted by atomic mass is 16.5. The minimum Gasteiger partial charge on any atom is -0.484 e. The molecular weight excluding hydrogens is 416 g/mol. The molecule has 2 aromatic carbocycles. The van der Waals surface area contributed by atoms with Crippen LogP contribution in [-0.2, 0) is 28.5 Å². The van der Waals surface area contributed by atoms with E-state index in [4.69, 9.17) is 4.74 Å². The number of anilines is 1. The highest BCUT2D eigenvalue weighted by Gasteiger charge is 2.29. The maximum atomic E-state index is 12.4. The van der Waals surface area contributed by atoms with Gasteiger partial charge in [0.1, 0.15) is 11.6 Å². The van der Waals surface area contributed by atoms with Gasteiger partial charge in [0, 0.05) is 31.6 Å². The second kappa shape index (κ2) is 9.25. The number of amides is 2. The fraction of sp³-hybridized carbons (Fsp3) is 0.423. The molecule has 7 nitrogen and oxygen atoms in total. The molecule has 0 unspecified atom stereocenters. The monoisotopic (exact) mass is 448 g/mol. The molecule has 1 fully saturated rings. The van der Waals surface area contributed by atoms with Gasteiger partial charge in [-0.3, -0.25) is 9.59 Å². The molecule has 0 spiro atoms. The Balaban J connectivity index is 1.32. The van der Waals surface area contributed by atoms with Gasteiger partial charge in [-0.15, -0.1) is 0 Å². The minimum atomic E-state index is -0.229. The summed E-state index contributed by atoms with van der Waals surface area (Å²) in [4.78, 5) is 28.9. The van der Waals surface area contributed by atoms with Crippen LogP contribution in [-0.4, -0.2) is 34.5 Å². The van der Waals surface area contributed by atoms with Gasteiger partial charge in [-0.1, -0.05) is 32.9 Å². The molecule has 0 bridgehead atoms. The summed E-state index contributed by atoms with van der Waals surface area (Å²) in [5.74, 6) is 1.69. The molecule has 1 aliphatic rings. The van der Waals surface area contributed by atoms with Crippen LogP contribution in [0.3, 0.4) is 0 Å². The lowest BCUT2D eigenvalue weighted by Crippen LogP contribution is -2.27. The van der Waals surface area contributed by atoms with Gasteiger partial charge in [-0.05, 0) is 54.2 Å². The van der Waals surface area contributed by atoms with Gasteiger partial charge >= 0.3 is 0 Å². The molecule has 1 saturated carbocycles. The van der Waals surface area contributed by atoms with Crippen LogP contribution < -0.4 is 15.4 Å². The molecule has 1 heterocycles. The summed E-state index contributed by atoms with van der Waals surface area (Å²) in [6, 6.07) is 13.5. The van der Waals surface area contributed by atoms with Crippen molar-refractivity contribution >= 4 is 28.5 Å². The molecule has 0 saturated heterocycles. The topological polar surface area (TPSA) is 85.3 Å². The van der Waals surface area contributed by atoms with E-state index in [1.165, 1.54) is 5.56 Å². The number of carbonyl (C=O) groups excluding carboxylic acids is 2. The molecule has 2 amide bonds. The van der Waals surface area contributed by atoms with E-state index in [-0.39, 0.29) is 29.8 Å². The van der Waals surface area contributed by atoms with E-state index >= 15 is 0 Å². The first-order chi connectivity index (χ1) is 15.7. The number of aryl methyl sites for hydroxylation is 1. The van der Waals surface area contributed by atoms with Crippen molar-refractivity contribution in [3.05, 3.63) is 53.9 Å². The number of hydrogen-bond donors (Lipinski definition) is 2. The standard InChI is InChI=1S/C26H32N4O3/c1-26(2,3)18-7-10-20(11-8-18)33-16-24(31)28-19-9-12-22-21(15-19)29-23(30(22)4)13-14-27-25(32)17-5-6-17/h7-12,15,17H,5-6,13-14,16H2,1-4H3,(H,27,32)(H,28,31). The maximum Gasteiger partial charge on any atom is 0.262 e. The van der Waals surface area contributed by atoms with Crippen molar-refractivity contribution in [3.8, 4) is 5.75 Å². The Morgan fingerprint density at radius 3 is 2.52 bits per heavy atom. The summed E-state index contributed by atoms with van der Waals surface area (Å²) in [5.41, 5.74) is 3.74. The van der Waals surface area contributed by atoms with E-state index in [1.54, 1.807) is 0 Å². The summed E-state index contributed by atoms with van der Waals surface area (Å²) in [7, 11) is 1.96. The molecular formula is C26H32N4O3. The Morgan fingerprint density at radius 1 is 1.12 bits per heavy atom. The average molecular weight is 449 g/mol. The third-order valence-corrected chi connectivity index (χ3v) is 5.94. The molecule has 0 radical (unpaired) electrons. The highest BCUT2D eigenvalue weighted by Crippen LogP contribution is 2.28. The van der Waals surface area contributed by atoms with E-state index in [1.807, 2.05) is 54.1 Å². The predicted octanol–water partition coefficient (Wildman–Crippen LogP) is 3.96. The van der Waals surface area contributed by atoms with Crippen LogP contribution in [0.5, 0.6) is 5.75 Å². The molecule has 2 N–H and O–H groups in total. The first-order valence-electron chi connectivity index (χ1n) is 11.5. The van der Waals surface area contributed by atoms with Crippen LogP contribution in [0.2, 0.25) is 0 Å². The van der Waals surface area contributed by atoms with Crippen molar-refractivity contribution in [1.82, 2.24) is 14.9 Å². The summed E-state index contributed by atoms with van der Waals surface area (Å²) >= 11 is 0. The lowest BCUT2D eigenvalue weighted by molar-refractivity contribution is -0.122. The third kappa shape index (κ3) is 5.72. The molecule has 1 aromatic heterocycles. The van der Waals surface area contributed by atoms with Gasteiger partial charge < -0.3 is 19.9 Å². The molecule has 0 atom stereocenters. The molecule has 3 aromatic rings. The quantitative estimate of drug-likeness (QED) is 0.546. The Labute approximate surface area is 194 Å². The van der Waals surface area contributed by atoms with Crippen LogP contribution in [0, 0.1) is 5.92 Å². The van der Waals surface area contributed by atoms with E-state index in [0.717, 1.165) is 29.7 Å².